The number of pyridine rings is 1. The Morgan fingerprint density at radius 3 is 2.65 bits per heavy atom. The van der Waals surface area contributed by atoms with Crippen LogP contribution in [0.25, 0.3) is 0 Å². The summed E-state index contributed by atoms with van der Waals surface area (Å²) in [5.41, 5.74) is 2.89. The largest absolute Gasteiger partial charge is 0.504 e. The minimum absolute atomic E-state index is 0.0916. The average molecular weight is 333 g/mol. The van der Waals surface area contributed by atoms with Crippen LogP contribution < -0.4 is 5.43 Å². The average Bonchev–Trinajstić information content (AvgIpc) is 2.40. The van der Waals surface area contributed by atoms with Gasteiger partial charge in [-0.2, -0.15) is 5.10 Å². The molecule has 0 saturated carbocycles. The van der Waals surface area contributed by atoms with Crippen LogP contribution in [0.4, 0.5) is 5.82 Å². The lowest BCUT2D eigenvalue weighted by Crippen LogP contribution is -1.95. The van der Waals surface area contributed by atoms with Crippen LogP contribution in [0.5, 0.6) is 11.5 Å². The van der Waals surface area contributed by atoms with E-state index in [9.17, 15) is 10.2 Å². The van der Waals surface area contributed by atoms with Gasteiger partial charge >= 0.3 is 0 Å². The minimum Gasteiger partial charge on any atom is -0.504 e. The molecule has 104 valence electrons. The normalized spacial score (nSPS) is 10.9. The molecule has 0 amide bonds. The fourth-order valence-corrected chi connectivity index (χ4v) is 1.88. The van der Waals surface area contributed by atoms with Crippen LogP contribution in [0, 0.1) is 0 Å². The Morgan fingerprint density at radius 2 is 1.90 bits per heavy atom. The molecule has 2 rings (SSSR count). The Morgan fingerprint density at radius 1 is 1.15 bits per heavy atom. The molecule has 0 saturated heterocycles. The van der Waals surface area contributed by atoms with Crippen LogP contribution in [-0.4, -0.2) is 21.4 Å². The first-order valence-electron chi connectivity index (χ1n) is 5.30. The Balaban J connectivity index is 2.18. The maximum Gasteiger partial charge on any atom is 0.166 e. The summed E-state index contributed by atoms with van der Waals surface area (Å²) in [6, 6.07) is 5.94. The van der Waals surface area contributed by atoms with Crippen molar-refractivity contribution in [1.29, 1.82) is 0 Å². The zero-order valence-electron chi connectivity index (χ0n) is 9.81. The van der Waals surface area contributed by atoms with Gasteiger partial charge in [-0.3, -0.25) is 5.43 Å². The molecule has 0 unspecified atom stereocenters. The van der Waals surface area contributed by atoms with E-state index in [0.29, 0.717) is 5.56 Å². The molecule has 0 bridgehead atoms. The van der Waals surface area contributed by atoms with Gasteiger partial charge in [-0.1, -0.05) is 40.9 Å². The second-order valence-electron chi connectivity index (χ2n) is 3.68. The highest BCUT2D eigenvalue weighted by Gasteiger charge is 2.07. The molecular weight excluding hydrogens is 325 g/mol. The zero-order chi connectivity index (χ0) is 14.7. The highest BCUT2D eigenvalue weighted by molar-refractivity contribution is 6.42. The summed E-state index contributed by atoms with van der Waals surface area (Å²) < 4.78 is 0. The number of phenols is 2. The summed E-state index contributed by atoms with van der Waals surface area (Å²) in [6.07, 6.45) is 1.30. The van der Waals surface area contributed by atoms with E-state index in [1.54, 1.807) is 12.1 Å². The molecule has 0 aliphatic heterocycles. The van der Waals surface area contributed by atoms with Gasteiger partial charge in [0.2, 0.25) is 0 Å². The minimum atomic E-state index is -0.272. The van der Waals surface area contributed by atoms with Crippen molar-refractivity contribution in [3.8, 4) is 11.5 Å². The standard InChI is InChI=1S/C12H8Cl3N3O2/c13-7-4-8(14)12(17-11(7)15)18-16-5-6-2-1-3-9(19)10(6)20/h1-5,19-20H,(H,17,18). The van der Waals surface area contributed by atoms with Crippen molar-refractivity contribution in [1.82, 2.24) is 4.98 Å². The van der Waals surface area contributed by atoms with E-state index in [-0.39, 0.29) is 32.5 Å². The summed E-state index contributed by atoms with van der Waals surface area (Å²) in [4.78, 5) is 3.91. The zero-order valence-corrected chi connectivity index (χ0v) is 12.1. The monoisotopic (exact) mass is 331 g/mol. The fourth-order valence-electron chi connectivity index (χ4n) is 1.34. The van der Waals surface area contributed by atoms with Gasteiger partial charge in [-0.15, -0.1) is 0 Å². The summed E-state index contributed by atoms with van der Waals surface area (Å²) >= 11 is 17.4. The molecule has 0 spiro atoms. The Labute approximate surface area is 129 Å². The lowest BCUT2D eigenvalue weighted by atomic mass is 10.2. The Bertz CT molecular complexity index is 677. The van der Waals surface area contributed by atoms with Crippen LogP contribution in [0.2, 0.25) is 15.2 Å². The number of aromatic nitrogens is 1. The van der Waals surface area contributed by atoms with E-state index >= 15 is 0 Å². The molecule has 0 fully saturated rings. The molecule has 0 radical (unpaired) electrons. The maximum atomic E-state index is 9.58. The first-order valence-corrected chi connectivity index (χ1v) is 6.44. The summed E-state index contributed by atoms with van der Waals surface area (Å²) in [5, 5.41) is 23.3. The molecule has 0 aliphatic rings. The first-order chi connectivity index (χ1) is 9.49. The number of aromatic hydroxyl groups is 2. The number of rotatable bonds is 3. The van der Waals surface area contributed by atoms with Gasteiger partial charge in [0.05, 0.1) is 16.3 Å². The van der Waals surface area contributed by atoms with Crippen molar-refractivity contribution in [2.45, 2.75) is 0 Å². The number of anilines is 1. The van der Waals surface area contributed by atoms with E-state index in [1.165, 1.54) is 18.3 Å². The second-order valence-corrected chi connectivity index (χ2v) is 4.85. The predicted octanol–water partition coefficient (Wildman–Crippen LogP) is 3.90. The second kappa shape index (κ2) is 6.17. The third-order valence-corrected chi connectivity index (χ3v) is 3.27. The van der Waals surface area contributed by atoms with Crippen molar-refractivity contribution in [2.24, 2.45) is 5.10 Å². The Hall–Kier alpha value is -1.69. The molecule has 3 N–H and O–H groups in total. The summed E-state index contributed by atoms with van der Waals surface area (Å²) in [6.45, 7) is 0. The van der Waals surface area contributed by atoms with E-state index in [1.807, 2.05) is 0 Å². The van der Waals surface area contributed by atoms with E-state index in [4.69, 9.17) is 34.8 Å². The molecule has 1 aromatic heterocycles. The van der Waals surface area contributed by atoms with Crippen LogP contribution in [0.3, 0.4) is 0 Å². The highest BCUT2D eigenvalue weighted by atomic mass is 35.5. The van der Waals surface area contributed by atoms with Crippen molar-refractivity contribution in [3.05, 3.63) is 45.0 Å². The van der Waals surface area contributed by atoms with Gasteiger partial charge in [-0.25, -0.2) is 4.98 Å². The van der Waals surface area contributed by atoms with Gasteiger partial charge in [0, 0.05) is 5.56 Å². The van der Waals surface area contributed by atoms with E-state index < -0.39 is 0 Å². The van der Waals surface area contributed by atoms with Crippen molar-refractivity contribution in [2.75, 3.05) is 5.43 Å². The van der Waals surface area contributed by atoms with Crippen LogP contribution in [-0.2, 0) is 0 Å². The number of nitrogens with one attached hydrogen (secondary N) is 1. The smallest absolute Gasteiger partial charge is 0.166 e. The number of halogens is 3. The number of hydrazone groups is 1. The number of nitrogens with zero attached hydrogens (tertiary/aromatic N) is 2. The molecule has 1 aromatic carbocycles. The molecule has 20 heavy (non-hydrogen) atoms. The van der Waals surface area contributed by atoms with Gasteiger partial charge < -0.3 is 10.2 Å². The number of benzene rings is 1. The molecule has 8 heteroatoms. The summed E-state index contributed by atoms with van der Waals surface area (Å²) in [7, 11) is 0. The quantitative estimate of drug-likeness (QED) is 0.345. The number of phenolic OH excluding ortho intramolecular Hbond substituents is 2. The molecular formula is C12H8Cl3N3O2. The van der Waals surface area contributed by atoms with E-state index in [0.717, 1.165) is 0 Å². The number of hydrogen-bond acceptors (Lipinski definition) is 5. The lowest BCUT2D eigenvalue weighted by molar-refractivity contribution is 0.403. The van der Waals surface area contributed by atoms with Crippen LogP contribution in [0.1, 0.15) is 5.56 Å². The third-order valence-electron chi connectivity index (χ3n) is 2.31. The predicted molar refractivity (Wildman–Crippen MR) is 80.3 cm³/mol. The number of para-hydroxylation sites is 1. The van der Waals surface area contributed by atoms with Gasteiger partial charge in [0.1, 0.15) is 5.15 Å². The first kappa shape index (κ1) is 14.7. The third kappa shape index (κ3) is 3.25. The topological polar surface area (TPSA) is 77.7 Å². The molecule has 1 heterocycles. The number of hydrogen-bond donors (Lipinski definition) is 3. The van der Waals surface area contributed by atoms with Crippen molar-refractivity contribution in [3.63, 3.8) is 0 Å². The van der Waals surface area contributed by atoms with Gasteiger partial charge in [-0.05, 0) is 18.2 Å². The molecule has 5 nitrogen and oxygen atoms in total. The van der Waals surface area contributed by atoms with E-state index in [2.05, 4.69) is 15.5 Å². The highest BCUT2D eigenvalue weighted by Crippen LogP contribution is 2.29. The van der Waals surface area contributed by atoms with Crippen molar-refractivity contribution < 1.29 is 10.2 Å². The molecule has 0 atom stereocenters. The van der Waals surface area contributed by atoms with Crippen molar-refractivity contribution >= 4 is 46.8 Å². The molecule has 2 aromatic rings. The Kier molecular flexibility index (Phi) is 4.54. The fraction of sp³-hybridized carbons (Fsp3) is 0. The summed E-state index contributed by atoms with van der Waals surface area (Å²) in [5.74, 6) is -0.289. The SMILES string of the molecule is Oc1cccc(C=NNc2nc(Cl)c(Cl)cc2Cl)c1O. The van der Waals surface area contributed by atoms with Crippen LogP contribution >= 0.6 is 34.8 Å². The van der Waals surface area contributed by atoms with Gasteiger partial charge in [0.25, 0.3) is 0 Å². The molecule has 0 aliphatic carbocycles. The van der Waals surface area contributed by atoms with Crippen LogP contribution in [0.15, 0.2) is 29.4 Å². The maximum absolute atomic E-state index is 9.58. The van der Waals surface area contributed by atoms with Gasteiger partial charge in [0.15, 0.2) is 17.3 Å². The lowest BCUT2D eigenvalue weighted by Gasteiger charge is -2.04.